The van der Waals surface area contributed by atoms with Crippen molar-refractivity contribution in [1.82, 2.24) is 0 Å². The van der Waals surface area contributed by atoms with E-state index in [9.17, 15) is 9.59 Å². The van der Waals surface area contributed by atoms with Crippen molar-refractivity contribution < 1.29 is 14.3 Å². The van der Waals surface area contributed by atoms with Crippen molar-refractivity contribution >= 4 is 35.5 Å². The van der Waals surface area contributed by atoms with Crippen LogP contribution in [0.15, 0.2) is 0 Å². The highest BCUT2D eigenvalue weighted by molar-refractivity contribution is 8.18. The Labute approximate surface area is 104 Å². The number of thioether (sulfide) groups is 2. The molecule has 0 amide bonds. The van der Waals surface area contributed by atoms with E-state index in [1.165, 1.54) is 17.9 Å². The molecule has 0 aliphatic carbocycles. The highest BCUT2D eigenvalue weighted by Gasteiger charge is 2.36. The minimum Gasteiger partial charge on any atom is -0.393 e. The lowest BCUT2D eigenvalue weighted by Crippen LogP contribution is -2.31. The van der Waals surface area contributed by atoms with Gasteiger partial charge < -0.3 is 4.74 Å². The molecule has 90 valence electrons. The predicted molar refractivity (Wildman–Crippen MR) is 66.4 cm³/mol. The number of carbonyl (C=O) groups is 2. The number of cyclic esters (lactones) is 2. The van der Waals surface area contributed by atoms with Gasteiger partial charge in [0.25, 0.3) is 0 Å². The second kappa shape index (κ2) is 5.00. The number of esters is 2. The van der Waals surface area contributed by atoms with E-state index in [4.69, 9.17) is 0 Å². The smallest absolute Gasteiger partial charge is 0.313 e. The third-order valence-electron chi connectivity index (χ3n) is 2.90. The first kappa shape index (κ1) is 12.3. The Kier molecular flexibility index (Phi) is 3.85. The maximum Gasteiger partial charge on any atom is 0.313 e. The summed E-state index contributed by atoms with van der Waals surface area (Å²) in [6.45, 7) is 2.23. The van der Waals surface area contributed by atoms with Crippen molar-refractivity contribution in [3.8, 4) is 0 Å². The van der Waals surface area contributed by atoms with E-state index in [0.29, 0.717) is 12.8 Å². The molecular formula is C11H16O3S2. The van der Waals surface area contributed by atoms with E-state index < -0.39 is 0 Å². The Morgan fingerprint density at radius 3 is 2.38 bits per heavy atom. The monoisotopic (exact) mass is 260 g/mol. The van der Waals surface area contributed by atoms with Crippen molar-refractivity contribution in [3.05, 3.63) is 0 Å². The maximum atomic E-state index is 11.2. The maximum absolute atomic E-state index is 11.2. The van der Waals surface area contributed by atoms with Crippen molar-refractivity contribution in [2.24, 2.45) is 5.92 Å². The average molecular weight is 260 g/mol. The Morgan fingerprint density at radius 2 is 1.81 bits per heavy atom. The molecule has 2 rings (SSSR count). The van der Waals surface area contributed by atoms with Crippen LogP contribution in [0, 0.1) is 5.92 Å². The molecule has 2 fully saturated rings. The minimum absolute atomic E-state index is 0.178. The molecular weight excluding hydrogens is 244 g/mol. The summed E-state index contributed by atoms with van der Waals surface area (Å²) in [7, 11) is 0. The highest BCUT2D eigenvalue weighted by atomic mass is 32.2. The zero-order chi connectivity index (χ0) is 11.6. The van der Waals surface area contributed by atoms with E-state index in [1.54, 1.807) is 0 Å². The van der Waals surface area contributed by atoms with Crippen LogP contribution in [0.25, 0.3) is 0 Å². The first-order valence-electron chi connectivity index (χ1n) is 5.59. The van der Waals surface area contributed by atoms with Crippen LogP contribution in [0.5, 0.6) is 0 Å². The molecule has 0 N–H and O–H groups in total. The van der Waals surface area contributed by atoms with Crippen LogP contribution < -0.4 is 0 Å². The number of hydrogen-bond acceptors (Lipinski definition) is 5. The van der Waals surface area contributed by atoms with Crippen LogP contribution in [-0.4, -0.2) is 27.5 Å². The summed E-state index contributed by atoms with van der Waals surface area (Å²) in [5, 5.41) is 0. The molecule has 0 atom stereocenters. The van der Waals surface area contributed by atoms with E-state index >= 15 is 0 Å². The van der Waals surface area contributed by atoms with Crippen molar-refractivity contribution in [1.29, 1.82) is 0 Å². The van der Waals surface area contributed by atoms with Gasteiger partial charge in [-0.3, -0.25) is 9.59 Å². The van der Waals surface area contributed by atoms with Gasteiger partial charge in [-0.2, -0.15) is 0 Å². The Bertz CT molecular complexity index is 282. The Morgan fingerprint density at radius 1 is 1.25 bits per heavy atom. The van der Waals surface area contributed by atoms with Gasteiger partial charge in [-0.25, -0.2) is 0 Å². The predicted octanol–water partition coefficient (Wildman–Crippen LogP) is 2.44. The van der Waals surface area contributed by atoms with Gasteiger partial charge in [-0.15, -0.1) is 23.5 Å². The zero-order valence-electron chi connectivity index (χ0n) is 9.36. The molecule has 2 heterocycles. The SMILES string of the molecule is CC1(CC2CC(=O)OC(=O)C2)SCCCS1. The third kappa shape index (κ3) is 3.17. The molecule has 0 aromatic heterocycles. The lowest BCUT2D eigenvalue weighted by atomic mass is 9.94. The van der Waals surface area contributed by atoms with Gasteiger partial charge in [0.15, 0.2) is 0 Å². The Balaban J connectivity index is 1.92. The molecule has 2 aliphatic rings. The largest absolute Gasteiger partial charge is 0.393 e. The van der Waals surface area contributed by atoms with Gasteiger partial charge in [-0.05, 0) is 37.2 Å². The number of rotatable bonds is 2. The van der Waals surface area contributed by atoms with Crippen LogP contribution in [0.4, 0.5) is 0 Å². The van der Waals surface area contributed by atoms with Gasteiger partial charge >= 0.3 is 11.9 Å². The topological polar surface area (TPSA) is 43.4 Å². The zero-order valence-corrected chi connectivity index (χ0v) is 11.0. The van der Waals surface area contributed by atoms with Gasteiger partial charge in [0.2, 0.25) is 0 Å². The molecule has 2 aliphatic heterocycles. The van der Waals surface area contributed by atoms with E-state index in [1.807, 2.05) is 23.5 Å². The molecule has 16 heavy (non-hydrogen) atoms. The summed E-state index contributed by atoms with van der Waals surface area (Å²) >= 11 is 3.92. The number of carbonyl (C=O) groups excluding carboxylic acids is 2. The van der Waals surface area contributed by atoms with Gasteiger partial charge in [0, 0.05) is 12.8 Å². The molecule has 0 radical (unpaired) electrons. The van der Waals surface area contributed by atoms with Crippen LogP contribution >= 0.6 is 23.5 Å². The normalized spacial score (nSPS) is 26.6. The van der Waals surface area contributed by atoms with Gasteiger partial charge in [0.1, 0.15) is 0 Å². The average Bonchev–Trinajstić information content (AvgIpc) is 2.15. The van der Waals surface area contributed by atoms with E-state index in [-0.39, 0.29) is 21.9 Å². The van der Waals surface area contributed by atoms with Gasteiger partial charge in [0.05, 0.1) is 4.08 Å². The molecule has 0 unspecified atom stereocenters. The van der Waals surface area contributed by atoms with Crippen molar-refractivity contribution in [2.75, 3.05) is 11.5 Å². The van der Waals surface area contributed by atoms with Crippen LogP contribution in [0.1, 0.15) is 32.6 Å². The molecule has 0 spiro atoms. The number of ether oxygens (including phenoxy) is 1. The fourth-order valence-corrected chi connectivity index (χ4v) is 5.38. The molecule has 0 aromatic carbocycles. The molecule has 3 nitrogen and oxygen atoms in total. The lowest BCUT2D eigenvalue weighted by Gasteiger charge is -2.35. The lowest BCUT2D eigenvalue weighted by molar-refractivity contribution is -0.165. The second-order valence-corrected chi connectivity index (χ2v) is 7.96. The molecule has 0 saturated carbocycles. The first-order chi connectivity index (χ1) is 7.57. The fraction of sp³-hybridized carbons (Fsp3) is 0.818. The first-order valence-corrected chi connectivity index (χ1v) is 7.56. The third-order valence-corrected chi connectivity index (χ3v) is 6.15. The number of hydrogen-bond donors (Lipinski definition) is 0. The quantitative estimate of drug-likeness (QED) is 0.563. The summed E-state index contributed by atoms with van der Waals surface area (Å²) in [6.07, 6.45) is 3.00. The van der Waals surface area contributed by atoms with Crippen LogP contribution in [0.3, 0.4) is 0 Å². The standard InChI is InChI=1S/C11H16O3S2/c1-11(15-3-2-4-16-11)7-8-5-9(12)14-10(13)6-8/h8H,2-7H2,1H3. The summed E-state index contributed by atoms with van der Waals surface area (Å²) in [4.78, 5) is 22.3. The summed E-state index contributed by atoms with van der Waals surface area (Å²) in [6, 6.07) is 0. The summed E-state index contributed by atoms with van der Waals surface area (Å²) < 4.78 is 4.73. The Hall–Kier alpha value is -0.160. The van der Waals surface area contributed by atoms with Gasteiger partial charge in [-0.1, -0.05) is 0 Å². The highest BCUT2D eigenvalue weighted by Crippen LogP contribution is 2.47. The summed E-state index contributed by atoms with van der Waals surface area (Å²) in [5.74, 6) is 1.85. The second-order valence-electron chi connectivity index (χ2n) is 4.51. The van der Waals surface area contributed by atoms with Crippen molar-refractivity contribution in [3.63, 3.8) is 0 Å². The van der Waals surface area contributed by atoms with Crippen LogP contribution in [-0.2, 0) is 14.3 Å². The molecule has 5 heteroatoms. The molecule has 0 bridgehead atoms. The molecule has 0 aromatic rings. The molecule has 2 saturated heterocycles. The fourth-order valence-electron chi connectivity index (χ4n) is 2.22. The van der Waals surface area contributed by atoms with Crippen molar-refractivity contribution in [2.45, 2.75) is 36.7 Å². The summed E-state index contributed by atoms with van der Waals surface area (Å²) in [5.41, 5.74) is 0. The minimum atomic E-state index is -0.351. The van der Waals surface area contributed by atoms with E-state index in [2.05, 4.69) is 11.7 Å². The van der Waals surface area contributed by atoms with E-state index in [0.717, 1.165) is 6.42 Å². The van der Waals surface area contributed by atoms with Crippen LogP contribution in [0.2, 0.25) is 0 Å².